The van der Waals surface area contributed by atoms with E-state index >= 15 is 0 Å². The lowest BCUT2D eigenvalue weighted by atomic mass is 10.4. The standard InChI is InChI=1S/C8H13N3S/c1-6-3-10-8(11-4-6)12-5-7(2)9/h3-4,7H,5,9H2,1-2H3/t7-/m1/s1. The SMILES string of the molecule is Cc1cnc(SC[C@@H](C)N)nc1. The van der Waals surface area contributed by atoms with Gasteiger partial charge in [-0.15, -0.1) is 0 Å². The van der Waals surface area contributed by atoms with Gasteiger partial charge in [-0.25, -0.2) is 9.97 Å². The third-order valence-corrected chi connectivity index (χ3v) is 2.39. The van der Waals surface area contributed by atoms with Crippen LogP contribution in [0.15, 0.2) is 17.6 Å². The maximum absolute atomic E-state index is 5.59. The van der Waals surface area contributed by atoms with Gasteiger partial charge in [0.1, 0.15) is 0 Å². The molecule has 0 aliphatic rings. The van der Waals surface area contributed by atoms with Crippen molar-refractivity contribution in [2.45, 2.75) is 25.0 Å². The molecule has 0 aliphatic carbocycles. The summed E-state index contributed by atoms with van der Waals surface area (Å²) in [5, 5.41) is 0.804. The van der Waals surface area contributed by atoms with Crippen LogP contribution in [0, 0.1) is 6.92 Å². The smallest absolute Gasteiger partial charge is 0.187 e. The zero-order valence-corrected chi connectivity index (χ0v) is 8.14. The van der Waals surface area contributed by atoms with Gasteiger partial charge in [0.2, 0.25) is 0 Å². The second-order valence-electron chi connectivity index (χ2n) is 2.83. The molecule has 4 heteroatoms. The molecule has 0 radical (unpaired) electrons. The topological polar surface area (TPSA) is 51.8 Å². The van der Waals surface area contributed by atoms with E-state index < -0.39 is 0 Å². The third-order valence-electron chi connectivity index (χ3n) is 1.23. The molecule has 0 saturated heterocycles. The molecule has 0 amide bonds. The highest BCUT2D eigenvalue weighted by molar-refractivity contribution is 7.99. The molecule has 1 atom stereocenters. The maximum atomic E-state index is 5.59. The van der Waals surface area contributed by atoms with Crippen LogP contribution in [-0.4, -0.2) is 21.8 Å². The normalized spacial score (nSPS) is 12.9. The first kappa shape index (κ1) is 9.48. The van der Waals surface area contributed by atoms with Gasteiger partial charge in [0.05, 0.1) is 0 Å². The number of nitrogens with zero attached hydrogens (tertiary/aromatic N) is 2. The summed E-state index contributed by atoms with van der Waals surface area (Å²) in [6.07, 6.45) is 3.63. The van der Waals surface area contributed by atoms with Crippen molar-refractivity contribution in [3.8, 4) is 0 Å². The first-order chi connectivity index (χ1) is 5.68. The van der Waals surface area contributed by atoms with Gasteiger partial charge in [0.25, 0.3) is 0 Å². The molecule has 0 bridgehead atoms. The molecule has 1 rings (SSSR count). The maximum Gasteiger partial charge on any atom is 0.187 e. The summed E-state index contributed by atoms with van der Waals surface area (Å²) in [4.78, 5) is 8.29. The van der Waals surface area contributed by atoms with Crippen molar-refractivity contribution in [3.63, 3.8) is 0 Å². The molecular formula is C8H13N3S. The number of hydrogen-bond acceptors (Lipinski definition) is 4. The first-order valence-electron chi connectivity index (χ1n) is 3.85. The average Bonchev–Trinajstić information content (AvgIpc) is 2.03. The van der Waals surface area contributed by atoms with Crippen molar-refractivity contribution in [1.82, 2.24) is 9.97 Å². The van der Waals surface area contributed by atoms with E-state index in [0.29, 0.717) is 0 Å². The van der Waals surface area contributed by atoms with Gasteiger partial charge in [-0.05, 0) is 19.4 Å². The van der Waals surface area contributed by atoms with Crippen molar-refractivity contribution < 1.29 is 0 Å². The van der Waals surface area contributed by atoms with Crippen LogP contribution in [0.25, 0.3) is 0 Å². The Kier molecular flexibility index (Phi) is 3.49. The summed E-state index contributed by atoms with van der Waals surface area (Å²) in [5.74, 6) is 0.864. The summed E-state index contributed by atoms with van der Waals surface area (Å²) >= 11 is 1.59. The Balaban J connectivity index is 2.48. The molecule has 3 nitrogen and oxygen atoms in total. The molecule has 12 heavy (non-hydrogen) atoms. The van der Waals surface area contributed by atoms with Gasteiger partial charge in [-0.1, -0.05) is 11.8 Å². The first-order valence-corrected chi connectivity index (χ1v) is 4.84. The monoisotopic (exact) mass is 183 g/mol. The predicted octanol–water partition coefficient (Wildman–Crippen LogP) is 1.22. The van der Waals surface area contributed by atoms with Crippen LogP contribution < -0.4 is 5.73 Å². The molecule has 1 heterocycles. The summed E-state index contributed by atoms with van der Waals surface area (Å²) in [6.45, 7) is 3.95. The van der Waals surface area contributed by atoms with E-state index in [1.807, 2.05) is 26.2 Å². The number of nitrogens with two attached hydrogens (primary N) is 1. The summed E-state index contributed by atoms with van der Waals surface area (Å²) in [6, 6.07) is 0.194. The molecule has 0 aromatic carbocycles. The largest absolute Gasteiger partial charge is 0.327 e. The highest BCUT2D eigenvalue weighted by atomic mass is 32.2. The molecule has 1 aromatic heterocycles. The Morgan fingerprint density at radius 3 is 2.58 bits per heavy atom. The Morgan fingerprint density at radius 2 is 2.08 bits per heavy atom. The molecule has 1 aromatic rings. The molecule has 0 saturated carbocycles. The van der Waals surface area contributed by atoms with E-state index in [4.69, 9.17) is 5.73 Å². The lowest BCUT2D eigenvalue weighted by molar-refractivity contribution is 0.841. The second-order valence-corrected chi connectivity index (χ2v) is 3.82. The van der Waals surface area contributed by atoms with Crippen molar-refractivity contribution in [2.24, 2.45) is 5.73 Å². The summed E-state index contributed by atoms with van der Waals surface area (Å²) in [7, 11) is 0. The van der Waals surface area contributed by atoms with Crippen molar-refractivity contribution in [3.05, 3.63) is 18.0 Å². The zero-order chi connectivity index (χ0) is 8.97. The third kappa shape index (κ3) is 3.19. The van der Waals surface area contributed by atoms with Crippen LogP contribution in [0.2, 0.25) is 0 Å². The van der Waals surface area contributed by atoms with E-state index in [-0.39, 0.29) is 6.04 Å². The molecular weight excluding hydrogens is 170 g/mol. The Hall–Kier alpha value is -0.610. The highest BCUT2D eigenvalue weighted by Gasteiger charge is 1.98. The van der Waals surface area contributed by atoms with Crippen LogP contribution in [0.1, 0.15) is 12.5 Å². The van der Waals surface area contributed by atoms with E-state index in [0.717, 1.165) is 16.5 Å². The van der Waals surface area contributed by atoms with Crippen LogP contribution in [0.4, 0.5) is 0 Å². The second kappa shape index (κ2) is 4.42. The van der Waals surface area contributed by atoms with Crippen LogP contribution >= 0.6 is 11.8 Å². The summed E-state index contributed by atoms with van der Waals surface area (Å²) in [5.41, 5.74) is 6.68. The lowest BCUT2D eigenvalue weighted by Gasteiger charge is -2.02. The minimum absolute atomic E-state index is 0.194. The van der Waals surface area contributed by atoms with Gasteiger partial charge in [0.15, 0.2) is 5.16 Å². The van der Waals surface area contributed by atoms with Crippen LogP contribution in [0.3, 0.4) is 0 Å². The summed E-state index contributed by atoms with van der Waals surface area (Å²) < 4.78 is 0. The fourth-order valence-electron chi connectivity index (χ4n) is 0.661. The van der Waals surface area contributed by atoms with Crippen LogP contribution in [-0.2, 0) is 0 Å². The van der Waals surface area contributed by atoms with E-state index in [1.54, 1.807) is 11.8 Å². The molecule has 0 fully saturated rings. The Bertz CT molecular complexity index is 233. The molecule has 66 valence electrons. The zero-order valence-electron chi connectivity index (χ0n) is 7.32. The number of rotatable bonds is 3. The molecule has 2 N–H and O–H groups in total. The Labute approximate surface area is 76.8 Å². The number of aryl methyl sites for hydroxylation is 1. The molecule has 0 unspecified atom stereocenters. The fraction of sp³-hybridized carbons (Fsp3) is 0.500. The van der Waals surface area contributed by atoms with Crippen LogP contribution in [0.5, 0.6) is 0 Å². The number of thioether (sulfide) groups is 1. The quantitative estimate of drug-likeness (QED) is 0.565. The van der Waals surface area contributed by atoms with Crippen molar-refractivity contribution in [1.29, 1.82) is 0 Å². The predicted molar refractivity (Wildman–Crippen MR) is 51.1 cm³/mol. The number of aromatic nitrogens is 2. The number of hydrogen-bond donors (Lipinski definition) is 1. The van der Waals surface area contributed by atoms with Gasteiger partial charge >= 0.3 is 0 Å². The van der Waals surface area contributed by atoms with E-state index in [9.17, 15) is 0 Å². The van der Waals surface area contributed by atoms with Gasteiger partial charge in [0, 0.05) is 24.2 Å². The van der Waals surface area contributed by atoms with Gasteiger partial charge in [-0.3, -0.25) is 0 Å². The molecule has 0 spiro atoms. The van der Waals surface area contributed by atoms with Gasteiger partial charge in [-0.2, -0.15) is 0 Å². The lowest BCUT2D eigenvalue weighted by Crippen LogP contribution is -2.17. The highest BCUT2D eigenvalue weighted by Crippen LogP contribution is 2.11. The Morgan fingerprint density at radius 1 is 1.50 bits per heavy atom. The van der Waals surface area contributed by atoms with E-state index in [2.05, 4.69) is 9.97 Å². The van der Waals surface area contributed by atoms with Gasteiger partial charge < -0.3 is 5.73 Å². The average molecular weight is 183 g/mol. The molecule has 0 aliphatic heterocycles. The van der Waals surface area contributed by atoms with Crippen molar-refractivity contribution >= 4 is 11.8 Å². The minimum Gasteiger partial charge on any atom is -0.327 e. The van der Waals surface area contributed by atoms with E-state index in [1.165, 1.54) is 0 Å². The minimum atomic E-state index is 0.194. The fourth-order valence-corrected chi connectivity index (χ4v) is 1.33. The van der Waals surface area contributed by atoms with Crippen molar-refractivity contribution in [2.75, 3.05) is 5.75 Å².